The number of halogens is 2. The molecule has 0 saturated heterocycles. The Kier molecular flexibility index (Phi) is 13.4. The molecule has 1 aliphatic heterocycles. The number of hydrogen-bond acceptors (Lipinski definition) is 13. The lowest BCUT2D eigenvalue weighted by atomic mass is 10.1. The molecule has 0 radical (unpaired) electrons. The maximum absolute atomic E-state index is 12.9. The van der Waals surface area contributed by atoms with E-state index >= 15 is 0 Å². The van der Waals surface area contributed by atoms with Crippen LogP contribution in [0.25, 0.3) is 0 Å². The van der Waals surface area contributed by atoms with E-state index in [0.29, 0.717) is 12.4 Å². The topological polar surface area (TPSA) is 222 Å². The van der Waals surface area contributed by atoms with Gasteiger partial charge >= 0.3 is 12.0 Å². The van der Waals surface area contributed by atoms with Crippen LogP contribution >= 0.6 is 23.2 Å². The highest BCUT2D eigenvalue weighted by molar-refractivity contribution is 7.90. The molecule has 266 valence electrons. The second-order valence-corrected chi connectivity index (χ2v) is 14.5. The molecule has 0 bridgehead atoms. The van der Waals surface area contributed by atoms with E-state index in [1.807, 2.05) is 31.2 Å². The Hall–Kier alpha value is -4.43. The number of benzene rings is 2. The number of para-hydroxylation sites is 2. The summed E-state index contributed by atoms with van der Waals surface area (Å²) in [6.45, 7) is 2.08. The SMILES string of the molecule is CC1COc2ccccc2N1C(=O)C(Cl)Cl.COC(=O)c1ccc(CNS(C)(=O)=O)cc1S(=O)(=O)NC(=O)Nc1nc(OC)cc(OC)n1. The number of aromatic nitrogens is 2. The molecule has 0 fully saturated rings. The Balaban J connectivity index is 0.000000337. The molecule has 3 amide bonds. The Morgan fingerprint density at radius 2 is 1.63 bits per heavy atom. The standard InChI is InChI=1S/C17H21N5O9S2.C11H11Cl2NO2/c1-29-13-8-14(30-2)20-16(19-13)21-17(24)22-33(27,28)12-7-10(9-18-32(4,25)26)5-6-11(12)15(23)31-3;1-7-6-16-9-5-3-2-4-8(9)14(7)11(15)10(12)13/h5-8,18H,9H2,1-4H3,(H2,19,20,21,22,24);2-5,7,10H,6H2,1H3. The lowest BCUT2D eigenvalue weighted by molar-refractivity contribution is -0.117. The van der Waals surface area contributed by atoms with Gasteiger partial charge in [0.05, 0.1) is 50.9 Å². The number of nitrogens with zero attached hydrogens (tertiary/aromatic N) is 3. The van der Waals surface area contributed by atoms with Crippen molar-refractivity contribution >= 4 is 72.8 Å². The number of carbonyl (C=O) groups is 3. The Labute approximate surface area is 292 Å². The predicted octanol–water partition coefficient (Wildman–Crippen LogP) is 2.44. The first-order valence-corrected chi connectivity index (χ1v) is 18.0. The lowest BCUT2D eigenvalue weighted by Crippen LogP contribution is -2.47. The van der Waals surface area contributed by atoms with Crippen LogP contribution in [0, 0.1) is 0 Å². The summed E-state index contributed by atoms with van der Waals surface area (Å²) >= 11 is 11.3. The average molecular weight is 764 g/mol. The van der Waals surface area contributed by atoms with E-state index in [0.717, 1.165) is 31.2 Å². The van der Waals surface area contributed by atoms with Crippen molar-refractivity contribution in [2.45, 2.75) is 29.2 Å². The molecule has 2 aromatic carbocycles. The number of ether oxygens (including phenoxy) is 4. The maximum atomic E-state index is 12.9. The van der Waals surface area contributed by atoms with Crippen molar-refractivity contribution in [1.82, 2.24) is 19.4 Å². The van der Waals surface area contributed by atoms with Gasteiger partial charge in [-0.25, -0.2) is 35.9 Å². The van der Waals surface area contributed by atoms with E-state index in [4.69, 9.17) is 37.4 Å². The number of nitrogens with one attached hydrogen (secondary N) is 3. The molecule has 3 N–H and O–H groups in total. The van der Waals surface area contributed by atoms with Gasteiger partial charge in [-0.15, -0.1) is 0 Å². The zero-order valence-electron chi connectivity index (χ0n) is 26.6. The quantitative estimate of drug-likeness (QED) is 0.200. The Morgan fingerprint density at radius 3 is 2.20 bits per heavy atom. The highest BCUT2D eigenvalue weighted by atomic mass is 35.5. The fourth-order valence-corrected chi connectivity index (χ4v) is 5.90. The number of urea groups is 1. The summed E-state index contributed by atoms with van der Waals surface area (Å²) in [5.41, 5.74) is 0.549. The van der Waals surface area contributed by atoms with E-state index in [-0.39, 0.29) is 47.3 Å². The zero-order chi connectivity index (χ0) is 36.5. The summed E-state index contributed by atoms with van der Waals surface area (Å²) in [4.78, 5) is 43.9. The maximum Gasteiger partial charge on any atom is 0.339 e. The van der Waals surface area contributed by atoms with Gasteiger partial charge in [0.15, 0.2) is 4.84 Å². The molecular weight excluding hydrogens is 731 g/mol. The largest absolute Gasteiger partial charge is 0.489 e. The summed E-state index contributed by atoms with van der Waals surface area (Å²) in [6.07, 6.45) is 0.926. The third-order valence-electron chi connectivity index (χ3n) is 6.30. The van der Waals surface area contributed by atoms with Crippen LogP contribution in [0.3, 0.4) is 0 Å². The minimum absolute atomic E-state index is 0.0408. The van der Waals surface area contributed by atoms with E-state index in [1.54, 1.807) is 9.62 Å². The number of carbonyl (C=O) groups excluding carboxylic acids is 3. The number of methoxy groups -OCH3 is 3. The number of alkyl halides is 2. The molecule has 1 aliphatic rings. The van der Waals surface area contributed by atoms with Crippen molar-refractivity contribution in [3.05, 3.63) is 59.7 Å². The minimum Gasteiger partial charge on any atom is -0.489 e. The summed E-state index contributed by atoms with van der Waals surface area (Å²) in [6, 6.07) is 10.9. The Bertz CT molecular complexity index is 1890. The van der Waals surface area contributed by atoms with Gasteiger partial charge in [0.1, 0.15) is 17.3 Å². The molecule has 2 heterocycles. The average Bonchev–Trinajstić information content (AvgIpc) is 3.05. The van der Waals surface area contributed by atoms with Crippen LogP contribution < -0.4 is 33.9 Å². The van der Waals surface area contributed by atoms with Crippen LogP contribution in [-0.2, 0) is 36.1 Å². The van der Waals surface area contributed by atoms with E-state index in [9.17, 15) is 31.2 Å². The zero-order valence-corrected chi connectivity index (χ0v) is 29.7. The number of fused-ring (bicyclic) bond motifs is 1. The van der Waals surface area contributed by atoms with Gasteiger partial charge in [0.25, 0.3) is 15.9 Å². The highest BCUT2D eigenvalue weighted by Gasteiger charge is 2.32. The molecule has 0 saturated carbocycles. The molecule has 3 aromatic rings. The van der Waals surface area contributed by atoms with E-state index in [2.05, 4.69) is 24.7 Å². The summed E-state index contributed by atoms with van der Waals surface area (Å²) in [7, 11) is -4.53. The predicted molar refractivity (Wildman–Crippen MR) is 178 cm³/mol. The number of amides is 3. The van der Waals surface area contributed by atoms with Gasteiger partial charge in [-0.1, -0.05) is 41.4 Å². The molecule has 49 heavy (non-hydrogen) atoms. The number of hydrogen-bond donors (Lipinski definition) is 3. The second kappa shape index (κ2) is 16.8. The van der Waals surface area contributed by atoms with Crippen LogP contribution in [0.4, 0.5) is 16.4 Å². The second-order valence-electron chi connectivity index (χ2n) is 9.89. The van der Waals surface area contributed by atoms with Crippen LogP contribution in [-0.4, -0.2) is 89.8 Å². The third-order valence-corrected chi connectivity index (χ3v) is 8.71. The first-order chi connectivity index (χ1) is 23.0. The van der Waals surface area contributed by atoms with Gasteiger partial charge < -0.3 is 23.8 Å². The number of anilines is 2. The van der Waals surface area contributed by atoms with Gasteiger partial charge in [0.2, 0.25) is 27.7 Å². The van der Waals surface area contributed by atoms with Gasteiger partial charge in [-0.3, -0.25) is 10.1 Å². The molecule has 21 heteroatoms. The van der Waals surface area contributed by atoms with Crippen LogP contribution in [0.1, 0.15) is 22.8 Å². The molecule has 1 atom stereocenters. The van der Waals surface area contributed by atoms with E-state index < -0.39 is 41.8 Å². The van der Waals surface area contributed by atoms with Crippen molar-refractivity contribution in [3.63, 3.8) is 0 Å². The number of rotatable bonds is 10. The first-order valence-electron chi connectivity index (χ1n) is 13.8. The third kappa shape index (κ3) is 10.8. The highest BCUT2D eigenvalue weighted by Crippen LogP contribution is 2.34. The summed E-state index contributed by atoms with van der Waals surface area (Å²) < 4.78 is 72.3. The fraction of sp³-hybridized carbons (Fsp3) is 0.321. The van der Waals surface area contributed by atoms with Crippen molar-refractivity contribution in [2.24, 2.45) is 0 Å². The molecule has 0 aliphatic carbocycles. The van der Waals surface area contributed by atoms with Crippen LogP contribution in [0.2, 0.25) is 0 Å². The molecule has 1 aromatic heterocycles. The lowest BCUT2D eigenvalue weighted by Gasteiger charge is -2.35. The molecule has 0 spiro atoms. The fourth-order valence-electron chi connectivity index (χ4n) is 4.11. The first kappa shape index (κ1) is 39.0. The molecule has 17 nitrogen and oxygen atoms in total. The minimum atomic E-state index is -4.63. The normalized spacial score (nSPS) is 14.0. The van der Waals surface area contributed by atoms with Gasteiger partial charge in [0, 0.05) is 6.54 Å². The molecule has 4 rings (SSSR count). The molecule has 1 unspecified atom stereocenters. The monoisotopic (exact) mass is 762 g/mol. The van der Waals surface area contributed by atoms with Crippen molar-refractivity contribution < 1.29 is 50.2 Å². The van der Waals surface area contributed by atoms with Crippen LogP contribution in [0.5, 0.6) is 17.5 Å². The van der Waals surface area contributed by atoms with Crippen molar-refractivity contribution in [3.8, 4) is 17.5 Å². The summed E-state index contributed by atoms with van der Waals surface area (Å²) in [5.74, 6) is -0.856. The van der Waals surface area contributed by atoms with Crippen molar-refractivity contribution in [1.29, 1.82) is 0 Å². The smallest absolute Gasteiger partial charge is 0.339 e. The van der Waals surface area contributed by atoms with Crippen molar-refractivity contribution in [2.75, 3.05) is 44.4 Å². The molecular formula is C28H32Cl2N6O11S2. The van der Waals surface area contributed by atoms with Gasteiger partial charge in [-0.05, 0) is 36.8 Å². The Morgan fingerprint density at radius 1 is 1.00 bits per heavy atom. The van der Waals surface area contributed by atoms with Crippen LogP contribution in [0.15, 0.2) is 53.4 Å². The summed E-state index contributed by atoms with van der Waals surface area (Å²) in [5, 5.41) is 2.12. The van der Waals surface area contributed by atoms with Gasteiger partial charge in [-0.2, -0.15) is 9.97 Å². The number of sulfonamides is 2. The number of esters is 1. The van der Waals surface area contributed by atoms with E-state index in [1.165, 1.54) is 26.4 Å².